The van der Waals surface area contributed by atoms with Gasteiger partial charge in [0.25, 0.3) is 5.91 Å². The highest BCUT2D eigenvalue weighted by molar-refractivity contribution is 7.08. The first-order valence-corrected chi connectivity index (χ1v) is 8.87. The lowest BCUT2D eigenvalue weighted by molar-refractivity contribution is -0.132. The van der Waals surface area contributed by atoms with Crippen LogP contribution < -0.4 is 10.6 Å². The number of amides is 4. The predicted molar refractivity (Wildman–Crippen MR) is 88.1 cm³/mol. The fourth-order valence-corrected chi connectivity index (χ4v) is 3.80. The first-order valence-electron chi connectivity index (χ1n) is 7.92. The Hall–Kier alpha value is -2.35. The summed E-state index contributed by atoms with van der Waals surface area (Å²) in [7, 11) is 1.65. The molecular formula is C16H18N4O3S. The molecule has 0 bridgehead atoms. The molecule has 8 heteroatoms. The third-order valence-corrected chi connectivity index (χ3v) is 5.29. The maximum Gasteiger partial charge on any atom is 0.322 e. The zero-order valence-electron chi connectivity index (χ0n) is 13.2. The predicted octanol–water partition coefficient (Wildman–Crippen LogP) is 0.819. The zero-order valence-corrected chi connectivity index (χ0v) is 14.1. The molecule has 24 heavy (non-hydrogen) atoms. The minimum Gasteiger partial charge on any atom is -0.352 e. The normalized spacial score (nSPS) is 23.5. The van der Waals surface area contributed by atoms with E-state index in [1.807, 2.05) is 16.8 Å². The van der Waals surface area contributed by atoms with Crippen LogP contribution >= 0.6 is 11.3 Å². The number of hydrogen-bond donors (Lipinski definition) is 2. The molecule has 3 heterocycles. The van der Waals surface area contributed by atoms with Crippen LogP contribution in [0.3, 0.4) is 0 Å². The van der Waals surface area contributed by atoms with Crippen molar-refractivity contribution in [3.05, 3.63) is 33.7 Å². The molecule has 0 radical (unpaired) electrons. The van der Waals surface area contributed by atoms with E-state index in [2.05, 4.69) is 10.6 Å². The van der Waals surface area contributed by atoms with Crippen LogP contribution in [0.15, 0.2) is 28.1 Å². The van der Waals surface area contributed by atoms with Crippen molar-refractivity contribution >= 4 is 29.2 Å². The Morgan fingerprint density at radius 3 is 2.88 bits per heavy atom. The minimum atomic E-state index is -0.445. The number of carbonyl (C=O) groups excluding carboxylic acids is 3. The smallest absolute Gasteiger partial charge is 0.322 e. The van der Waals surface area contributed by atoms with Gasteiger partial charge in [0.05, 0.1) is 23.9 Å². The SMILES string of the molecule is CN1C(=O)N[C@H](c2ccsc2)C2=C1CN(CC(=O)NC1CC1)C2=O. The van der Waals surface area contributed by atoms with Gasteiger partial charge in [-0.15, -0.1) is 0 Å². The molecule has 1 aromatic rings. The Kier molecular flexibility index (Phi) is 3.56. The van der Waals surface area contributed by atoms with Gasteiger partial charge in [-0.25, -0.2) is 4.79 Å². The van der Waals surface area contributed by atoms with Gasteiger partial charge in [0.15, 0.2) is 0 Å². The van der Waals surface area contributed by atoms with Crippen LogP contribution in [0, 0.1) is 0 Å². The third kappa shape index (κ3) is 2.56. The van der Waals surface area contributed by atoms with Crippen molar-refractivity contribution in [2.45, 2.75) is 24.9 Å². The molecule has 126 valence electrons. The van der Waals surface area contributed by atoms with E-state index in [4.69, 9.17) is 0 Å². The van der Waals surface area contributed by atoms with E-state index in [0.717, 1.165) is 18.4 Å². The number of nitrogens with zero attached hydrogens (tertiary/aromatic N) is 2. The lowest BCUT2D eigenvalue weighted by Gasteiger charge is -2.30. The van der Waals surface area contributed by atoms with Gasteiger partial charge in [-0.2, -0.15) is 11.3 Å². The number of hydrogen-bond acceptors (Lipinski definition) is 4. The van der Waals surface area contributed by atoms with Crippen LogP contribution in [0.1, 0.15) is 24.4 Å². The van der Waals surface area contributed by atoms with Gasteiger partial charge in [-0.3, -0.25) is 14.5 Å². The summed E-state index contributed by atoms with van der Waals surface area (Å²) >= 11 is 1.52. The summed E-state index contributed by atoms with van der Waals surface area (Å²) in [6.07, 6.45) is 2.02. The Bertz CT molecular complexity index is 739. The summed E-state index contributed by atoms with van der Waals surface area (Å²) in [6, 6.07) is 1.49. The van der Waals surface area contributed by atoms with E-state index in [9.17, 15) is 14.4 Å². The number of urea groups is 1. The first kappa shape index (κ1) is 15.2. The number of rotatable bonds is 4. The number of thiophene rings is 1. The summed E-state index contributed by atoms with van der Waals surface area (Å²) in [5.41, 5.74) is 2.14. The van der Waals surface area contributed by atoms with Gasteiger partial charge in [0, 0.05) is 13.1 Å². The number of carbonyl (C=O) groups is 3. The van der Waals surface area contributed by atoms with Crippen LogP contribution in [0.4, 0.5) is 4.79 Å². The third-order valence-electron chi connectivity index (χ3n) is 4.59. The van der Waals surface area contributed by atoms with Gasteiger partial charge >= 0.3 is 6.03 Å². The highest BCUT2D eigenvalue weighted by Crippen LogP contribution is 2.36. The molecule has 1 atom stereocenters. The van der Waals surface area contributed by atoms with Crippen LogP contribution in [0.2, 0.25) is 0 Å². The zero-order chi connectivity index (χ0) is 16.8. The highest BCUT2D eigenvalue weighted by atomic mass is 32.1. The average Bonchev–Trinajstić information content (AvgIpc) is 3.08. The summed E-state index contributed by atoms with van der Waals surface area (Å²) in [6.45, 7) is 0.317. The Balaban J connectivity index is 1.58. The first-order chi connectivity index (χ1) is 11.5. The molecule has 1 fully saturated rings. The topological polar surface area (TPSA) is 81.8 Å². The van der Waals surface area contributed by atoms with E-state index >= 15 is 0 Å². The quantitative estimate of drug-likeness (QED) is 0.847. The maximum atomic E-state index is 12.8. The molecule has 2 N–H and O–H groups in total. The van der Waals surface area contributed by atoms with Gasteiger partial charge in [-0.1, -0.05) is 0 Å². The molecule has 4 rings (SSSR count). The van der Waals surface area contributed by atoms with Crippen molar-refractivity contribution in [1.29, 1.82) is 0 Å². The van der Waals surface area contributed by atoms with Crippen LogP contribution in [0.5, 0.6) is 0 Å². The molecule has 2 aliphatic heterocycles. The molecule has 7 nitrogen and oxygen atoms in total. The molecule has 1 saturated carbocycles. The van der Waals surface area contributed by atoms with Crippen molar-refractivity contribution in [3.63, 3.8) is 0 Å². The van der Waals surface area contributed by atoms with Crippen molar-refractivity contribution in [3.8, 4) is 0 Å². The largest absolute Gasteiger partial charge is 0.352 e. The Morgan fingerprint density at radius 1 is 1.42 bits per heavy atom. The standard InChI is InChI=1S/C16H18N4O3S/c1-19-11-6-20(7-12(21)17-10-2-3-10)15(22)13(11)14(18-16(19)23)9-4-5-24-8-9/h4-5,8,10,14H,2-3,6-7H2,1H3,(H,17,21)(H,18,23)/t14-/m1/s1. The summed E-state index contributed by atoms with van der Waals surface area (Å²) in [5.74, 6) is -0.321. The van der Waals surface area contributed by atoms with Crippen molar-refractivity contribution in [2.24, 2.45) is 0 Å². The van der Waals surface area contributed by atoms with Gasteiger partial charge < -0.3 is 15.5 Å². The fourth-order valence-electron chi connectivity index (χ4n) is 3.11. The van der Waals surface area contributed by atoms with E-state index in [1.54, 1.807) is 7.05 Å². The second-order valence-corrected chi connectivity index (χ2v) is 7.14. The molecule has 3 aliphatic rings. The number of nitrogens with one attached hydrogen (secondary N) is 2. The van der Waals surface area contributed by atoms with Crippen molar-refractivity contribution in [1.82, 2.24) is 20.4 Å². The van der Waals surface area contributed by atoms with Crippen LogP contribution in [0.25, 0.3) is 0 Å². The van der Waals surface area contributed by atoms with Gasteiger partial charge in [0.1, 0.15) is 6.54 Å². The summed E-state index contributed by atoms with van der Waals surface area (Å²) in [5, 5.41) is 9.61. The molecule has 0 aromatic carbocycles. The molecule has 0 saturated heterocycles. The molecule has 0 spiro atoms. The number of likely N-dealkylation sites (N-methyl/N-ethyl adjacent to an activating group) is 1. The van der Waals surface area contributed by atoms with Crippen molar-refractivity contribution < 1.29 is 14.4 Å². The molecule has 1 aromatic heterocycles. The van der Waals surface area contributed by atoms with Gasteiger partial charge in [-0.05, 0) is 35.2 Å². The summed E-state index contributed by atoms with van der Waals surface area (Å²) in [4.78, 5) is 40.1. The lowest BCUT2D eigenvalue weighted by Crippen LogP contribution is -2.45. The Labute approximate surface area is 143 Å². The van der Waals surface area contributed by atoms with Gasteiger partial charge in [0.2, 0.25) is 5.91 Å². The highest BCUT2D eigenvalue weighted by Gasteiger charge is 2.43. The van der Waals surface area contributed by atoms with E-state index in [1.165, 1.54) is 21.1 Å². The fraction of sp³-hybridized carbons (Fsp3) is 0.438. The average molecular weight is 346 g/mol. The van der Waals surface area contributed by atoms with E-state index < -0.39 is 6.04 Å². The van der Waals surface area contributed by atoms with Crippen molar-refractivity contribution in [2.75, 3.05) is 20.1 Å². The molecule has 1 aliphatic carbocycles. The lowest BCUT2D eigenvalue weighted by atomic mass is 9.98. The molecular weight excluding hydrogens is 328 g/mol. The second kappa shape index (κ2) is 5.62. The Morgan fingerprint density at radius 2 is 2.21 bits per heavy atom. The van der Waals surface area contributed by atoms with E-state index in [-0.39, 0.29) is 37.0 Å². The van der Waals surface area contributed by atoms with Crippen LogP contribution in [-0.2, 0) is 9.59 Å². The maximum absolute atomic E-state index is 12.8. The minimum absolute atomic E-state index is 0.0285. The second-order valence-electron chi connectivity index (χ2n) is 6.36. The monoisotopic (exact) mass is 346 g/mol. The molecule has 0 unspecified atom stereocenters. The molecule has 4 amide bonds. The van der Waals surface area contributed by atoms with Crippen LogP contribution in [-0.4, -0.2) is 53.8 Å². The van der Waals surface area contributed by atoms with E-state index in [0.29, 0.717) is 11.3 Å². The summed E-state index contributed by atoms with van der Waals surface area (Å²) < 4.78 is 0.